The third kappa shape index (κ3) is 4.15. The molecule has 100 valence electrons. The molecule has 18 heavy (non-hydrogen) atoms. The maximum absolute atomic E-state index is 12.1. The average Bonchev–Trinajstić information content (AvgIpc) is 2.36. The molecule has 0 spiro atoms. The summed E-state index contributed by atoms with van der Waals surface area (Å²) in [5.74, 6) is 1.12. The van der Waals surface area contributed by atoms with E-state index in [1.54, 1.807) is 7.11 Å². The van der Waals surface area contributed by atoms with E-state index in [0.29, 0.717) is 13.0 Å². The molecular formula is C15H23NO2. The molecule has 2 N–H and O–H groups in total. The molecule has 0 aromatic heterocycles. The summed E-state index contributed by atoms with van der Waals surface area (Å²) in [4.78, 5) is 12.1. The predicted molar refractivity (Wildman–Crippen MR) is 73.9 cm³/mol. The van der Waals surface area contributed by atoms with Gasteiger partial charge in [0.2, 0.25) is 0 Å². The Kier molecular flexibility index (Phi) is 5.86. The summed E-state index contributed by atoms with van der Waals surface area (Å²) in [5.41, 5.74) is 7.58. The highest BCUT2D eigenvalue weighted by molar-refractivity contribution is 5.83. The van der Waals surface area contributed by atoms with Gasteiger partial charge in [-0.05, 0) is 32.4 Å². The molecule has 0 aliphatic heterocycles. The van der Waals surface area contributed by atoms with Crippen LogP contribution in [0.3, 0.4) is 0 Å². The second kappa shape index (κ2) is 7.17. The standard InChI is InChI=1S/C15H23NO2/c1-11-6-7-15(18-3)13(9-11)10-14(17)12(2)5-4-8-16/h6-7,9,12H,4-5,8,10,16H2,1-3H3. The van der Waals surface area contributed by atoms with E-state index in [9.17, 15) is 4.79 Å². The van der Waals surface area contributed by atoms with Gasteiger partial charge in [-0.15, -0.1) is 0 Å². The Hall–Kier alpha value is -1.35. The molecule has 0 fully saturated rings. The van der Waals surface area contributed by atoms with Crippen LogP contribution in [-0.2, 0) is 11.2 Å². The molecule has 0 saturated carbocycles. The van der Waals surface area contributed by atoms with Crippen molar-refractivity contribution in [3.05, 3.63) is 29.3 Å². The molecule has 1 aromatic carbocycles. The van der Waals surface area contributed by atoms with E-state index in [4.69, 9.17) is 10.5 Å². The van der Waals surface area contributed by atoms with E-state index >= 15 is 0 Å². The lowest BCUT2D eigenvalue weighted by Crippen LogP contribution is -2.15. The van der Waals surface area contributed by atoms with Gasteiger partial charge >= 0.3 is 0 Å². The fourth-order valence-corrected chi connectivity index (χ4v) is 1.99. The van der Waals surface area contributed by atoms with Crippen molar-refractivity contribution in [2.75, 3.05) is 13.7 Å². The topological polar surface area (TPSA) is 52.3 Å². The first-order valence-corrected chi connectivity index (χ1v) is 6.44. The second-order valence-corrected chi connectivity index (χ2v) is 4.79. The van der Waals surface area contributed by atoms with Gasteiger partial charge in [0.25, 0.3) is 0 Å². The number of carbonyl (C=O) groups is 1. The minimum Gasteiger partial charge on any atom is -0.496 e. The van der Waals surface area contributed by atoms with Crippen LogP contribution >= 0.6 is 0 Å². The minimum atomic E-state index is 0.0683. The summed E-state index contributed by atoms with van der Waals surface area (Å²) in [6.07, 6.45) is 2.21. The quantitative estimate of drug-likeness (QED) is 0.807. The van der Waals surface area contributed by atoms with Gasteiger partial charge < -0.3 is 10.5 Å². The average molecular weight is 249 g/mol. The molecule has 1 unspecified atom stereocenters. The highest BCUT2D eigenvalue weighted by atomic mass is 16.5. The molecule has 0 radical (unpaired) electrons. The van der Waals surface area contributed by atoms with Gasteiger partial charge in [0.1, 0.15) is 11.5 Å². The van der Waals surface area contributed by atoms with Crippen LogP contribution < -0.4 is 10.5 Å². The lowest BCUT2D eigenvalue weighted by Gasteiger charge is -2.12. The van der Waals surface area contributed by atoms with E-state index < -0.39 is 0 Å². The fraction of sp³-hybridized carbons (Fsp3) is 0.533. The molecule has 0 bridgehead atoms. The van der Waals surface area contributed by atoms with Crippen LogP contribution in [0.2, 0.25) is 0 Å². The number of rotatable bonds is 7. The first kappa shape index (κ1) is 14.7. The molecule has 0 aliphatic carbocycles. The number of Topliss-reactive ketones (excluding diaryl/α,β-unsaturated/α-hetero) is 1. The summed E-state index contributed by atoms with van der Waals surface area (Å²) in [7, 11) is 1.64. The van der Waals surface area contributed by atoms with Crippen LogP contribution in [0.4, 0.5) is 0 Å². The number of methoxy groups -OCH3 is 1. The van der Waals surface area contributed by atoms with E-state index in [0.717, 1.165) is 29.7 Å². The van der Waals surface area contributed by atoms with Gasteiger partial charge in [0.05, 0.1) is 7.11 Å². The summed E-state index contributed by atoms with van der Waals surface area (Å²) < 4.78 is 5.29. The van der Waals surface area contributed by atoms with Crippen LogP contribution in [0.15, 0.2) is 18.2 Å². The molecule has 0 saturated heterocycles. The van der Waals surface area contributed by atoms with E-state index in [-0.39, 0.29) is 11.7 Å². The molecule has 1 atom stereocenters. The Labute approximate surface area is 109 Å². The number of benzene rings is 1. The van der Waals surface area contributed by atoms with Gasteiger partial charge in [-0.1, -0.05) is 24.6 Å². The largest absolute Gasteiger partial charge is 0.496 e. The van der Waals surface area contributed by atoms with Crippen molar-refractivity contribution < 1.29 is 9.53 Å². The predicted octanol–water partition coefficient (Wildman–Crippen LogP) is 2.49. The third-order valence-corrected chi connectivity index (χ3v) is 3.19. The number of hydrogen-bond donors (Lipinski definition) is 1. The van der Waals surface area contributed by atoms with Gasteiger partial charge in [-0.3, -0.25) is 4.79 Å². The second-order valence-electron chi connectivity index (χ2n) is 4.79. The first-order valence-electron chi connectivity index (χ1n) is 6.44. The van der Waals surface area contributed by atoms with Crippen molar-refractivity contribution in [2.45, 2.75) is 33.1 Å². The third-order valence-electron chi connectivity index (χ3n) is 3.19. The number of nitrogens with two attached hydrogens (primary N) is 1. The van der Waals surface area contributed by atoms with E-state index in [1.165, 1.54) is 0 Å². The summed E-state index contributed by atoms with van der Waals surface area (Å²) in [6, 6.07) is 5.93. The van der Waals surface area contributed by atoms with E-state index in [1.807, 2.05) is 32.0 Å². The lowest BCUT2D eigenvalue weighted by atomic mass is 9.94. The fourth-order valence-electron chi connectivity index (χ4n) is 1.99. The highest BCUT2D eigenvalue weighted by Crippen LogP contribution is 2.22. The van der Waals surface area contributed by atoms with Crippen molar-refractivity contribution in [1.82, 2.24) is 0 Å². The Morgan fingerprint density at radius 3 is 2.78 bits per heavy atom. The van der Waals surface area contributed by atoms with Crippen molar-refractivity contribution >= 4 is 5.78 Å². The molecular weight excluding hydrogens is 226 g/mol. The number of ether oxygens (including phenoxy) is 1. The van der Waals surface area contributed by atoms with Crippen molar-refractivity contribution in [3.8, 4) is 5.75 Å². The molecule has 0 aliphatic rings. The van der Waals surface area contributed by atoms with Crippen LogP contribution in [0, 0.1) is 12.8 Å². The van der Waals surface area contributed by atoms with Crippen LogP contribution in [0.25, 0.3) is 0 Å². The normalized spacial score (nSPS) is 12.2. The molecule has 0 heterocycles. The maximum atomic E-state index is 12.1. The number of hydrogen-bond acceptors (Lipinski definition) is 3. The van der Waals surface area contributed by atoms with Crippen LogP contribution in [-0.4, -0.2) is 19.4 Å². The zero-order chi connectivity index (χ0) is 13.5. The van der Waals surface area contributed by atoms with Gasteiger partial charge in [0, 0.05) is 17.9 Å². The highest BCUT2D eigenvalue weighted by Gasteiger charge is 2.15. The zero-order valence-electron chi connectivity index (χ0n) is 11.5. The van der Waals surface area contributed by atoms with Crippen molar-refractivity contribution in [3.63, 3.8) is 0 Å². The smallest absolute Gasteiger partial charge is 0.140 e. The molecule has 1 aromatic rings. The minimum absolute atomic E-state index is 0.0683. The van der Waals surface area contributed by atoms with Gasteiger partial charge in [-0.2, -0.15) is 0 Å². The Morgan fingerprint density at radius 1 is 1.44 bits per heavy atom. The maximum Gasteiger partial charge on any atom is 0.140 e. The molecule has 3 nitrogen and oxygen atoms in total. The summed E-state index contributed by atoms with van der Waals surface area (Å²) in [5, 5.41) is 0. The van der Waals surface area contributed by atoms with Crippen molar-refractivity contribution in [1.29, 1.82) is 0 Å². The van der Waals surface area contributed by atoms with Crippen LogP contribution in [0.1, 0.15) is 30.9 Å². The number of carbonyl (C=O) groups excluding carboxylic acids is 1. The Balaban J connectivity index is 2.71. The number of aryl methyl sites for hydroxylation is 1. The van der Waals surface area contributed by atoms with Gasteiger partial charge in [-0.25, -0.2) is 0 Å². The SMILES string of the molecule is COc1ccc(C)cc1CC(=O)C(C)CCCN. The molecule has 1 rings (SSSR count). The van der Waals surface area contributed by atoms with Crippen LogP contribution in [0.5, 0.6) is 5.75 Å². The Morgan fingerprint density at radius 2 is 2.17 bits per heavy atom. The molecule has 0 amide bonds. The monoisotopic (exact) mass is 249 g/mol. The first-order chi connectivity index (χ1) is 8.58. The summed E-state index contributed by atoms with van der Waals surface area (Å²) >= 11 is 0. The zero-order valence-corrected chi connectivity index (χ0v) is 11.5. The summed E-state index contributed by atoms with van der Waals surface area (Å²) in [6.45, 7) is 4.64. The Bertz CT molecular complexity index is 401. The lowest BCUT2D eigenvalue weighted by molar-refractivity contribution is -0.121. The number of ketones is 1. The van der Waals surface area contributed by atoms with Gasteiger partial charge in [0.15, 0.2) is 0 Å². The van der Waals surface area contributed by atoms with Crippen molar-refractivity contribution in [2.24, 2.45) is 11.7 Å². The molecule has 3 heteroatoms. The van der Waals surface area contributed by atoms with E-state index in [2.05, 4.69) is 0 Å².